The number of nitrogen functional groups attached to an aromatic ring is 1. The van der Waals surface area contributed by atoms with Gasteiger partial charge in [-0.3, -0.25) is 13.9 Å². The molecule has 4 rings (SSSR count). The second-order valence-electron chi connectivity index (χ2n) is 11.4. The van der Waals surface area contributed by atoms with Crippen LogP contribution in [0.1, 0.15) is 32.6 Å². The fourth-order valence-electron chi connectivity index (χ4n) is 4.49. The summed E-state index contributed by atoms with van der Waals surface area (Å²) in [7, 11) is -2.86. The molecule has 2 aromatic carbocycles. The summed E-state index contributed by atoms with van der Waals surface area (Å²) >= 11 is 0. The number of carbonyl (C=O) groups is 1. The summed E-state index contributed by atoms with van der Waals surface area (Å²) in [5, 5.41) is 14.0. The standard InChI is InChI=1S/C30H39N4O9P/c1-30(2,3)28(36)40-18-21(17-20-11-7-5-8-12-20)33-44(38,43-22-13-9-6-10-14-22)41-19-23-25(35)26(39-4)27(42-23)34-16-15-24(31)32-29(34)37/h5-16,21,23,25-27,35H,17-19H2,1-4H3,(H,33,38)(H2,31,32,37)/t21-,23+,25?,26?,27+,44?/m0/s1. The third-order valence-electron chi connectivity index (χ3n) is 6.78. The molecular weight excluding hydrogens is 591 g/mol. The van der Waals surface area contributed by atoms with Crippen molar-refractivity contribution in [2.75, 3.05) is 26.1 Å². The molecule has 0 radical (unpaired) electrons. The van der Waals surface area contributed by atoms with Gasteiger partial charge in [-0.2, -0.15) is 4.98 Å². The lowest BCUT2D eigenvalue weighted by Gasteiger charge is -2.27. The lowest BCUT2D eigenvalue weighted by molar-refractivity contribution is -0.153. The third kappa shape index (κ3) is 8.75. The van der Waals surface area contributed by atoms with Gasteiger partial charge in [-0.1, -0.05) is 48.5 Å². The van der Waals surface area contributed by atoms with Crippen LogP contribution in [-0.4, -0.2) is 65.3 Å². The summed E-state index contributed by atoms with van der Waals surface area (Å²) in [5.74, 6) is -0.140. The van der Waals surface area contributed by atoms with Crippen molar-refractivity contribution in [2.24, 2.45) is 5.41 Å². The van der Waals surface area contributed by atoms with Gasteiger partial charge in [0.15, 0.2) is 6.23 Å². The molecule has 0 spiro atoms. The van der Waals surface area contributed by atoms with Gasteiger partial charge >= 0.3 is 19.4 Å². The maximum atomic E-state index is 14.3. The van der Waals surface area contributed by atoms with E-state index in [0.29, 0.717) is 6.42 Å². The third-order valence-corrected chi connectivity index (χ3v) is 8.40. The number of nitrogens with one attached hydrogen (secondary N) is 1. The van der Waals surface area contributed by atoms with Crippen molar-refractivity contribution >= 4 is 19.5 Å². The molecular formula is C30H39N4O9P. The zero-order valence-corrected chi connectivity index (χ0v) is 26.0. The summed E-state index contributed by atoms with van der Waals surface area (Å²) in [6.07, 6.45) is -2.67. The monoisotopic (exact) mass is 630 g/mol. The Morgan fingerprint density at radius 1 is 1.14 bits per heavy atom. The molecule has 14 heteroatoms. The van der Waals surface area contributed by atoms with Gasteiger partial charge < -0.3 is 29.6 Å². The Balaban J connectivity index is 1.56. The van der Waals surface area contributed by atoms with Crippen LogP contribution in [0.5, 0.6) is 5.75 Å². The number of aliphatic hydroxyl groups is 1. The molecule has 0 saturated carbocycles. The van der Waals surface area contributed by atoms with Crippen LogP contribution in [-0.2, 0) is 34.5 Å². The molecule has 1 aliphatic heterocycles. The molecule has 0 amide bonds. The van der Waals surface area contributed by atoms with E-state index in [1.165, 1.54) is 19.4 Å². The molecule has 1 saturated heterocycles. The first-order valence-electron chi connectivity index (χ1n) is 14.1. The highest BCUT2D eigenvalue weighted by atomic mass is 31.2. The number of ether oxygens (including phenoxy) is 3. The molecule has 13 nitrogen and oxygen atoms in total. The van der Waals surface area contributed by atoms with Crippen molar-refractivity contribution in [1.29, 1.82) is 0 Å². The topological polar surface area (TPSA) is 173 Å². The van der Waals surface area contributed by atoms with E-state index in [4.69, 9.17) is 29.0 Å². The first-order valence-corrected chi connectivity index (χ1v) is 15.6. The summed E-state index contributed by atoms with van der Waals surface area (Å²) in [6, 6.07) is 18.6. The van der Waals surface area contributed by atoms with Crippen molar-refractivity contribution in [2.45, 2.75) is 57.8 Å². The normalized spacial score (nSPS) is 22.2. The van der Waals surface area contributed by atoms with Gasteiger partial charge in [-0.05, 0) is 51.0 Å². The van der Waals surface area contributed by atoms with Crippen molar-refractivity contribution in [3.8, 4) is 5.75 Å². The molecule has 0 bridgehead atoms. The number of aromatic nitrogens is 2. The van der Waals surface area contributed by atoms with Gasteiger partial charge in [0.1, 0.15) is 36.5 Å². The largest absolute Gasteiger partial charge is 0.464 e. The summed E-state index contributed by atoms with van der Waals surface area (Å²) < 4.78 is 44.2. The number of hydrogen-bond acceptors (Lipinski definition) is 11. The molecule has 44 heavy (non-hydrogen) atoms. The van der Waals surface area contributed by atoms with Crippen molar-refractivity contribution < 1.29 is 37.7 Å². The molecule has 0 aliphatic carbocycles. The SMILES string of the molecule is COC1C(O)[C@@H](COP(=O)(N[C@H](COC(=O)C(C)(C)C)Cc2ccccc2)Oc2ccccc2)O[C@H]1n1ccc(N)nc1=O. The predicted molar refractivity (Wildman–Crippen MR) is 162 cm³/mol. The number of nitrogens with two attached hydrogens (primary N) is 1. The van der Waals surface area contributed by atoms with Crippen LogP contribution >= 0.6 is 7.75 Å². The minimum absolute atomic E-state index is 0.0296. The highest BCUT2D eigenvalue weighted by molar-refractivity contribution is 7.52. The van der Waals surface area contributed by atoms with E-state index in [0.717, 1.165) is 10.1 Å². The zero-order chi connectivity index (χ0) is 31.9. The Bertz CT molecular complexity index is 1480. The van der Waals surface area contributed by atoms with Crippen LogP contribution in [0.4, 0.5) is 5.82 Å². The summed E-state index contributed by atoms with van der Waals surface area (Å²) in [4.78, 5) is 28.8. The lowest BCUT2D eigenvalue weighted by Crippen LogP contribution is -2.39. The minimum Gasteiger partial charge on any atom is -0.464 e. The fourth-order valence-corrected chi connectivity index (χ4v) is 6.03. The number of rotatable bonds is 13. The van der Waals surface area contributed by atoms with E-state index in [1.54, 1.807) is 51.1 Å². The van der Waals surface area contributed by atoms with E-state index in [1.807, 2.05) is 30.3 Å². The van der Waals surface area contributed by atoms with Crippen molar-refractivity contribution in [3.05, 3.63) is 89.0 Å². The van der Waals surface area contributed by atoms with Crippen LogP contribution in [0.3, 0.4) is 0 Å². The fraction of sp³-hybridized carbons (Fsp3) is 0.433. The van der Waals surface area contributed by atoms with E-state index in [9.17, 15) is 19.3 Å². The second-order valence-corrected chi connectivity index (χ2v) is 13.1. The number of hydrogen-bond donors (Lipinski definition) is 3. The number of methoxy groups -OCH3 is 1. The molecule has 1 aromatic heterocycles. The number of benzene rings is 2. The molecule has 3 aromatic rings. The Hall–Kier alpha value is -3.58. The molecule has 1 aliphatic rings. The second kappa shape index (κ2) is 14.5. The number of anilines is 1. The lowest BCUT2D eigenvalue weighted by atomic mass is 9.97. The Morgan fingerprint density at radius 3 is 2.41 bits per heavy atom. The van der Waals surface area contributed by atoms with Crippen LogP contribution < -0.4 is 21.0 Å². The average molecular weight is 631 g/mol. The van der Waals surface area contributed by atoms with Crippen molar-refractivity contribution in [3.63, 3.8) is 0 Å². The molecule has 6 atom stereocenters. The first kappa shape index (κ1) is 33.3. The van der Waals surface area contributed by atoms with Crippen LogP contribution in [0, 0.1) is 5.41 Å². The Labute approximate surface area is 255 Å². The van der Waals surface area contributed by atoms with Gasteiger partial charge in [0.2, 0.25) is 0 Å². The number of para-hydroxylation sites is 1. The smallest absolute Gasteiger partial charge is 0.459 e. The highest BCUT2D eigenvalue weighted by Gasteiger charge is 2.47. The van der Waals surface area contributed by atoms with E-state index >= 15 is 0 Å². The van der Waals surface area contributed by atoms with Gasteiger partial charge in [0.25, 0.3) is 0 Å². The van der Waals surface area contributed by atoms with Gasteiger partial charge in [-0.15, -0.1) is 0 Å². The Morgan fingerprint density at radius 2 is 1.80 bits per heavy atom. The van der Waals surface area contributed by atoms with E-state index in [-0.39, 0.29) is 18.2 Å². The molecule has 4 N–H and O–H groups in total. The van der Waals surface area contributed by atoms with E-state index in [2.05, 4.69) is 10.1 Å². The number of esters is 1. The first-order chi connectivity index (χ1) is 20.9. The molecule has 2 heterocycles. The maximum Gasteiger partial charge on any atom is 0.459 e. The number of nitrogens with zero attached hydrogens (tertiary/aromatic N) is 2. The highest BCUT2D eigenvalue weighted by Crippen LogP contribution is 2.46. The number of carbonyl (C=O) groups excluding carboxylic acids is 1. The molecule has 238 valence electrons. The summed E-state index contributed by atoms with van der Waals surface area (Å²) in [5.41, 5.74) is 5.06. The average Bonchev–Trinajstić information content (AvgIpc) is 3.29. The van der Waals surface area contributed by atoms with Crippen LogP contribution in [0.2, 0.25) is 0 Å². The summed E-state index contributed by atoms with van der Waals surface area (Å²) in [6.45, 7) is 4.68. The number of aliphatic hydroxyl groups excluding tert-OH is 1. The van der Waals surface area contributed by atoms with Gasteiger partial charge in [0, 0.05) is 13.3 Å². The molecule has 1 fully saturated rings. The zero-order valence-electron chi connectivity index (χ0n) is 25.1. The van der Waals surface area contributed by atoms with Crippen LogP contribution in [0.15, 0.2) is 77.7 Å². The maximum absolute atomic E-state index is 14.3. The quantitative estimate of drug-likeness (QED) is 0.186. The van der Waals surface area contributed by atoms with E-state index < -0.39 is 62.0 Å². The predicted octanol–water partition coefficient (Wildman–Crippen LogP) is 3.09. The Kier molecular flexibility index (Phi) is 11.0. The van der Waals surface area contributed by atoms with Gasteiger partial charge in [0.05, 0.1) is 18.1 Å². The van der Waals surface area contributed by atoms with Gasteiger partial charge in [-0.25, -0.2) is 14.4 Å². The molecule has 3 unspecified atom stereocenters. The minimum atomic E-state index is -4.22. The van der Waals surface area contributed by atoms with Crippen LogP contribution in [0.25, 0.3) is 0 Å². The van der Waals surface area contributed by atoms with Crippen molar-refractivity contribution in [1.82, 2.24) is 14.6 Å².